The topological polar surface area (TPSA) is 106 Å². The molecule has 1 aliphatic heterocycles. The number of likely N-dealkylation sites (N-methyl/N-ethyl adjacent to an activating group) is 1. The van der Waals surface area contributed by atoms with Crippen molar-refractivity contribution < 1.29 is 29.0 Å². The third kappa shape index (κ3) is 5.81. The van der Waals surface area contributed by atoms with E-state index in [1.165, 1.54) is 11.0 Å². The molecule has 0 spiro atoms. The Kier molecular flexibility index (Phi) is 8.40. The molecule has 11 heteroatoms. The number of rotatable bonds is 7. The van der Waals surface area contributed by atoms with Gasteiger partial charge in [0, 0.05) is 7.05 Å². The van der Waals surface area contributed by atoms with Crippen LogP contribution in [0.3, 0.4) is 0 Å². The Balaban J connectivity index is 1.85. The maximum atomic E-state index is 12.8. The van der Waals surface area contributed by atoms with Crippen molar-refractivity contribution in [2.75, 3.05) is 20.3 Å². The van der Waals surface area contributed by atoms with Crippen LogP contribution in [-0.2, 0) is 14.3 Å². The van der Waals surface area contributed by atoms with Gasteiger partial charge in [0.25, 0.3) is 5.91 Å². The molecule has 0 atom stereocenters. The molecule has 8 nitrogen and oxygen atoms in total. The molecule has 1 N–H and O–H groups in total. The van der Waals surface area contributed by atoms with Gasteiger partial charge in [0.1, 0.15) is 0 Å². The van der Waals surface area contributed by atoms with Crippen LogP contribution in [0.1, 0.15) is 28.4 Å². The molecule has 178 valence electrons. The zero-order valence-electron chi connectivity index (χ0n) is 18.4. The van der Waals surface area contributed by atoms with Crippen LogP contribution < -0.4 is 4.74 Å². The van der Waals surface area contributed by atoms with E-state index in [0.29, 0.717) is 31.4 Å². The van der Waals surface area contributed by atoms with Crippen LogP contribution in [0, 0.1) is 6.92 Å². The first kappa shape index (κ1) is 25.8. The number of benzene rings is 2. The Morgan fingerprint density at radius 3 is 2.71 bits per heavy atom. The Morgan fingerprint density at radius 1 is 1.32 bits per heavy atom. The quantitative estimate of drug-likeness (QED) is 0.358. The van der Waals surface area contributed by atoms with Crippen molar-refractivity contribution in [1.82, 2.24) is 4.90 Å². The number of carboxylic acid groups (broad SMARTS) is 1. The van der Waals surface area contributed by atoms with Crippen LogP contribution in [0.15, 0.2) is 44.7 Å². The fraction of sp³-hybridized carbons (Fsp3) is 0.217. The van der Waals surface area contributed by atoms with Gasteiger partial charge in [-0.15, -0.1) is 0 Å². The first-order chi connectivity index (χ1) is 16.1. The van der Waals surface area contributed by atoms with E-state index in [1.807, 2.05) is 0 Å². The number of hydrogen-bond acceptors (Lipinski definition) is 7. The molecule has 1 aliphatic rings. The van der Waals surface area contributed by atoms with Gasteiger partial charge >= 0.3 is 11.9 Å². The van der Waals surface area contributed by atoms with Crippen LogP contribution in [-0.4, -0.2) is 53.3 Å². The summed E-state index contributed by atoms with van der Waals surface area (Å²) in [5, 5.41) is 10.00. The highest BCUT2D eigenvalue weighted by Gasteiger charge is 2.30. The van der Waals surface area contributed by atoms with E-state index >= 15 is 0 Å². The second kappa shape index (κ2) is 11.1. The molecule has 1 heterocycles. The number of nitrogens with zero attached hydrogens (tertiary/aromatic N) is 2. The number of thioether (sulfide) groups is 1. The van der Waals surface area contributed by atoms with Gasteiger partial charge in [-0.05, 0) is 83.0 Å². The zero-order valence-corrected chi connectivity index (χ0v) is 21.6. The van der Waals surface area contributed by atoms with Gasteiger partial charge in [-0.25, -0.2) is 14.6 Å². The summed E-state index contributed by atoms with van der Waals surface area (Å²) in [5.74, 6) is -1.52. The highest BCUT2D eigenvalue weighted by atomic mass is 79.9. The minimum Gasteiger partial charge on any atom is -0.479 e. The lowest BCUT2D eigenvalue weighted by atomic mass is 10.1. The van der Waals surface area contributed by atoms with Gasteiger partial charge in [-0.2, -0.15) is 0 Å². The summed E-state index contributed by atoms with van der Waals surface area (Å²) in [5.41, 5.74) is 1.77. The number of carbonyl (C=O) groups is 3. The molecule has 0 radical (unpaired) electrons. The summed E-state index contributed by atoms with van der Waals surface area (Å²) >= 11 is 10.9. The summed E-state index contributed by atoms with van der Waals surface area (Å²) < 4.78 is 10.8. The second-order valence-corrected chi connectivity index (χ2v) is 9.30. The van der Waals surface area contributed by atoms with E-state index in [2.05, 4.69) is 20.9 Å². The Labute approximate surface area is 213 Å². The number of aliphatic imine (C=N–C) groups is 1. The number of hydrogen-bond donors (Lipinski definition) is 1. The average molecular weight is 568 g/mol. The summed E-state index contributed by atoms with van der Waals surface area (Å²) in [6.07, 6.45) is 1.66. The fourth-order valence-corrected chi connectivity index (χ4v) is 4.99. The van der Waals surface area contributed by atoms with Crippen molar-refractivity contribution in [3.05, 3.63) is 61.4 Å². The smallest absolute Gasteiger partial charge is 0.344 e. The lowest BCUT2D eigenvalue weighted by Crippen LogP contribution is -2.23. The molecule has 2 aromatic rings. The lowest BCUT2D eigenvalue weighted by Gasteiger charge is -2.10. The third-order valence-corrected chi connectivity index (χ3v) is 6.64. The molecule has 0 unspecified atom stereocenters. The molecular formula is C23H20BrClN2O6S. The van der Waals surface area contributed by atoms with Gasteiger partial charge in [0.2, 0.25) is 0 Å². The van der Waals surface area contributed by atoms with E-state index in [4.69, 9.17) is 21.1 Å². The van der Waals surface area contributed by atoms with E-state index in [0.717, 1.165) is 11.8 Å². The lowest BCUT2D eigenvalue weighted by molar-refractivity contribution is -0.145. The predicted molar refractivity (Wildman–Crippen MR) is 135 cm³/mol. The third-order valence-electron chi connectivity index (χ3n) is 4.71. The van der Waals surface area contributed by atoms with E-state index in [-0.39, 0.29) is 35.5 Å². The van der Waals surface area contributed by atoms with Crippen molar-refractivity contribution in [1.29, 1.82) is 0 Å². The van der Waals surface area contributed by atoms with Gasteiger partial charge in [-0.3, -0.25) is 9.69 Å². The van der Waals surface area contributed by atoms with Crippen LogP contribution >= 0.6 is 39.3 Å². The van der Waals surface area contributed by atoms with Crippen molar-refractivity contribution in [2.24, 2.45) is 4.99 Å². The molecule has 3 rings (SSSR count). The predicted octanol–water partition coefficient (Wildman–Crippen LogP) is 5.28. The van der Waals surface area contributed by atoms with Crippen molar-refractivity contribution >= 4 is 74.1 Å². The maximum Gasteiger partial charge on any atom is 0.344 e. The molecule has 0 saturated carbocycles. The molecule has 1 fully saturated rings. The second-order valence-electron chi connectivity index (χ2n) is 7.03. The van der Waals surface area contributed by atoms with E-state index in [9.17, 15) is 19.5 Å². The van der Waals surface area contributed by atoms with Crippen molar-refractivity contribution in [2.45, 2.75) is 13.8 Å². The molecule has 0 aliphatic carbocycles. The summed E-state index contributed by atoms with van der Waals surface area (Å²) in [7, 11) is 1.60. The van der Waals surface area contributed by atoms with Gasteiger partial charge in [0.15, 0.2) is 17.5 Å². The minimum absolute atomic E-state index is 0.152. The monoisotopic (exact) mass is 566 g/mol. The van der Waals surface area contributed by atoms with Gasteiger partial charge < -0.3 is 14.6 Å². The van der Waals surface area contributed by atoms with Crippen molar-refractivity contribution in [3.8, 4) is 5.75 Å². The molecule has 2 aromatic carbocycles. The Hall–Kier alpha value is -2.82. The van der Waals surface area contributed by atoms with E-state index < -0.39 is 11.9 Å². The van der Waals surface area contributed by atoms with Crippen molar-refractivity contribution in [3.63, 3.8) is 0 Å². The summed E-state index contributed by atoms with van der Waals surface area (Å²) in [6, 6.07) is 8.14. The number of halogens is 2. The average Bonchev–Trinajstić information content (AvgIpc) is 3.02. The minimum atomic E-state index is -1.04. The summed E-state index contributed by atoms with van der Waals surface area (Å²) in [6.45, 7) is 3.34. The normalized spacial score (nSPS) is 15.8. The Morgan fingerprint density at radius 2 is 2.06 bits per heavy atom. The van der Waals surface area contributed by atoms with Crippen LogP contribution in [0.5, 0.6) is 5.75 Å². The van der Waals surface area contributed by atoms with Crippen LogP contribution in [0.25, 0.3) is 6.08 Å². The first-order valence-corrected chi connectivity index (χ1v) is 12.0. The number of amidine groups is 1. The standard InChI is InChI=1S/C23H20BrClN2O6S/c1-4-32-19(28)11-33-20-15(24)8-13(9-16(20)25)10-18-21(29)27(3)23(34-18)26-17-7-5-6-14(12(17)2)22(30)31/h5-10H,4,11H2,1-3H3,(H,30,31)/b18-10-,26-23?. The van der Waals surface area contributed by atoms with Gasteiger partial charge in [0.05, 0.1) is 32.3 Å². The largest absolute Gasteiger partial charge is 0.479 e. The van der Waals surface area contributed by atoms with Gasteiger partial charge in [-0.1, -0.05) is 17.7 Å². The number of carbonyl (C=O) groups excluding carboxylic acids is 2. The Bertz CT molecular complexity index is 1210. The number of esters is 1. The van der Waals surface area contributed by atoms with Crippen LogP contribution in [0.4, 0.5) is 5.69 Å². The SMILES string of the molecule is CCOC(=O)COc1c(Cl)cc(/C=C2\SC(=Nc3cccc(C(=O)O)c3C)N(C)C2=O)cc1Br. The molecule has 1 amide bonds. The summed E-state index contributed by atoms with van der Waals surface area (Å²) in [4.78, 5) is 42.0. The van der Waals surface area contributed by atoms with Crippen LogP contribution in [0.2, 0.25) is 5.02 Å². The molecule has 0 aromatic heterocycles. The zero-order chi connectivity index (χ0) is 25.0. The highest BCUT2D eigenvalue weighted by Crippen LogP contribution is 2.38. The number of carboxylic acids is 1. The molecule has 0 bridgehead atoms. The molecular weight excluding hydrogens is 548 g/mol. The molecule has 1 saturated heterocycles. The maximum absolute atomic E-state index is 12.8. The molecule has 34 heavy (non-hydrogen) atoms. The highest BCUT2D eigenvalue weighted by molar-refractivity contribution is 9.10. The number of aromatic carboxylic acids is 1. The number of amides is 1. The number of ether oxygens (including phenoxy) is 2. The fourth-order valence-electron chi connectivity index (χ4n) is 3.02. The van der Waals surface area contributed by atoms with E-state index in [1.54, 1.807) is 51.2 Å². The first-order valence-electron chi connectivity index (χ1n) is 9.99.